The van der Waals surface area contributed by atoms with Gasteiger partial charge in [0.1, 0.15) is 12.1 Å². The van der Waals surface area contributed by atoms with Crippen LogP contribution in [0.3, 0.4) is 0 Å². The number of benzene rings is 2. The number of nitrogens with one attached hydrogen (secondary N) is 2. The van der Waals surface area contributed by atoms with Gasteiger partial charge in [-0.3, -0.25) is 14.2 Å². The molecule has 0 aliphatic carbocycles. The Morgan fingerprint density at radius 1 is 1.15 bits per heavy atom. The predicted octanol–water partition coefficient (Wildman–Crippen LogP) is 4.01. The van der Waals surface area contributed by atoms with Crippen molar-refractivity contribution in [3.8, 4) is 6.01 Å². The minimum absolute atomic E-state index is 0.153. The Balaban J connectivity index is 1.48. The molecule has 0 unspecified atom stereocenters. The van der Waals surface area contributed by atoms with E-state index in [9.17, 15) is 22.4 Å². The van der Waals surface area contributed by atoms with E-state index in [1.165, 1.54) is 16.9 Å². The number of piperazine rings is 1. The van der Waals surface area contributed by atoms with Crippen LogP contribution in [-0.4, -0.2) is 70.4 Å². The topological polar surface area (TPSA) is 106 Å². The number of hydrogen-bond acceptors (Lipinski definition) is 8. The molecule has 212 valence electrons. The lowest BCUT2D eigenvalue weighted by atomic mass is 10.0. The number of carbonyl (C=O) groups is 1. The number of alkyl halides is 3. The Bertz CT molecular complexity index is 1550. The summed E-state index contributed by atoms with van der Waals surface area (Å²) in [5.41, 5.74) is 1.58. The molecule has 0 radical (unpaired) electrons. The fraction of sp³-hybridized carbons (Fsp3) is 0.385. The highest BCUT2D eigenvalue weighted by molar-refractivity contribution is 6.14. The molecule has 1 amide bonds. The number of aryl methyl sites for hydroxylation is 1. The second-order valence-electron chi connectivity index (χ2n) is 9.72. The van der Waals surface area contributed by atoms with E-state index in [-0.39, 0.29) is 40.4 Å². The highest BCUT2D eigenvalue weighted by atomic mass is 19.4. The molecule has 10 nitrogen and oxygen atoms in total. The van der Waals surface area contributed by atoms with E-state index in [0.29, 0.717) is 23.9 Å². The Kier molecular flexibility index (Phi) is 7.47. The van der Waals surface area contributed by atoms with Gasteiger partial charge in [-0.05, 0) is 38.1 Å². The molecule has 1 saturated heterocycles. The Morgan fingerprint density at radius 3 is 2.62 bits per heavy atom. The fourth-order valence-corrected chi connectivity index (χ4v) is 4.91. The summed E-state index contributed by atoms with van der Waals surface area (Å²) < 4.78 is 62.0. The highest BCUT2D eigenvalue weighted by Gasteiger charge is 2.29. The Morgan fingerprint density at radius 2 is 1.90 bits per heavy atom. The summed E-state index contributed by atoms with van der Waals surface area (Å²) in [4.78, 5) is 24.1. The zero-order chi connectivity index (χ0) is 28.6. The SMILES string of the molecule is C[C@@H]1CN(c2ccc(C(=O)Nc3cc(F)c4nn(C)cc4c3)c3nc(OCCOC(F)(F)F)ncc23)C[C@@H](C)N1. The first-order valence-corrected chi connectivity index (χ1v) is 12.6. The first-order chi connectivity index (χ1) is 19.0. The van der Waals surface area contributed by atoms with Crippen LogP contribution in [0, 0.1) is 5.82 Å². The second-order valence-corrected chi connectivity index (χ2v) is 9.72. The van der Waals surface area contributed by atoms with Crippen molar-refractivity contribution in [2.24, 2.45) is 7.05 Å². The van der Waals surface area contributed by atoms with Crippen molar-refractivity contribution in [3.63, 3.8) is 0 Å². The van der Waals surface area contributed by atoms with Crippen molar-refractivity contribution >= 4 is 39.1 Å². The van der Waals surface area contributed by atoms with Gasteiger partial charge in [-0.25, -0.2) is 9.37 Å². The first-order valence-electron chi connectivity index (χ1n) is 12.6. The second kappa shape index (κ2) is 10.8. The molecule has 3 heterocycles. The van der Waals surface area contributed by atoms with Crippen LogP contribution in [0.15, 0.2) is 36.7 Å². The van der Waals surface area contributed by atoms with Gasteiger partial charge < -0.3 is 20.3 Å². The molecule has 2 aromatic carbocycles. The number of carbonyl (C=O) groups excluding carboxylic acids is 1. The van der Waals surface area contributed by atoms with E-state index in [1.54, 1.807) is 31.4 Å². The van der Waals surface area contributed by atoms with Crippen LogP contribution in [0.5, 0.6) is 6.01 Å². The molecule has 2 N–H and O–H groups in total. The summed E-state index contributed by atoms with van der Waals surface area (Å²) in [5, 5.41) is 11.3. The number of nitrogens with zero attached hydrogens (tertiary/aromatic N) is 5. The first kappa shape index (κ1) is 27.5. The third-order valence-electron chi connectivity index (χ3n) is 6.36. The lowest BCUT2D eigenvalue weighted by molar-refractivity contribution is -0.325. The Hall–Kier alpha value is -4.04. The van der Waals surface area contributed by atoms with Gasteiger partial charge in [-0.15, -0.1) is 13.2 Å². The molecule has 0 saturated carbocycles. The van der Waals surface area contributed by atoms with Crippen LogP contribution in [0.4, 0.5) is 28.9 Å². The van der Waals surface area contributed by atoms with E-state index in [2.05, 4.69) is 49.2 Å². The van der Waals surface area contributed by atoms with Crippen molar-refractivity contribution in [3.05, 3.63) is 48.0 Å². The highest BCUT2D eigenvalue weighted by Crippen LogP contribution is 2.31. The molecule has 2 atom stereocenters. The molecule has 4 aromatic rings. The summed E-state index contributed by atoms with van der Waals surface area (Å²) >= 11 is 0. The molecule has 0 spiro atoms. The predicted molar refractivity (Wildman–Crippen MR) is 140 cm³/mol. The molecule has 14 heteroatoms. The average molecular weight is 562 g/mol. The molecule has 1 fully saturated rings. The van der Waals surface area contributed by atoms with E-state index < -0.39 is 31.3 Å². The number of amides is 1. The average Bonchev–Trinajstić information content (AvgIpc) is 3.25. The summed E-state index contributed by atoms with van der Waals surface area (Å²) in [6.07, 6.45) is -1.68. The van der Waals surface area contributed by atoms with Crippen molar-refractivity contribution in [1.29, 1.82) is 0 Å². The third-order valence-corrected chi connectivity index (χ3v) is 6.36. The number of fused-ring (bicyclic) bond motifs is 2. The van der Waals surface area contributed by atoms with Gasteiger partial charge in [0.15, 0.2) is 5.82 Å². The lowest BCUT2D eigenvalue weighted by Crippen LogP contribution is -2.54. The zero-order valence-corrected chi connectivity index (χ0v) is 21.9. The maximum Gasteiger partial charge on any atom is 0.522 e. The van der Waals surface area contributed by atoms with Gasteiger partial charge in [0, 0.05) is 66.8 Å². The van der Waals surface area contributed by atoms with Gasteiger partial charge >= 0.3 is 12.4 Å². The number of hydrogen-bond donors (Lipinski definition) is 2. The largest absolute Gasteiger partial charge is 0.522 e. The van der Waals surface area contributed by atoms with Crippen molar-refractivity contribution in [2.45, 2.75) is 32.3 Å². The van der Waals surface area contributed by atoms with Crippen molar-refractivity contribution in [2.75, 3.05) is 36.5 Å². The summed E-state index contributed by atoms with van der Waals surface area (Å²) in [6, 6.07) is 6.38. The van der Waals surface area contributed by atoms with Crippen molar-refractivity contribution < 1.29 is 31.8 Å². The van der Waals surface area contributed by atoms with Gasteiger partial charge in [0.05, 0.1) is 17.7 Å². The lowest BCUT2D eigenvalue weighted by Gasteiger charge is -2.38. The summed E-state index contributed by atoms with van der Waals surface area (Å²) in [5.74, 6) is -1.15. The van der Waals surface area contributed by atoms with Crippen LogP contribution in [0.25, 0.3) is 21.8 Å². The van der Waals surface area contributed by atoms with E-state index >= 15 is 0 Å². The van der Waals surface area contributed by atoms with Crippen LogP contribution in [0.2, 0.25) is 0 Å². The van der Waals surface area contributed by atoms with Crippen LogP contribution in [-0.2, 0) is 11.8 Å². The number of anilines is 2. The standard InChI is InChI=1S/C26H27F4N7O3/c1-14-11-37(12-15(2)32-14)21-5-4-18(23-19(21)10-31-25(34-23)39-6-7-40-26(28,29)30)24(38)33-17-8-16-13-36(3)35-22(16)20(27)9-17/h4-5,8-10,13-15,32H,6-7,11-12H2,1-3H3,(H,33,38)/t14-,15-/m1/s1. The third kappa shape index (κ3) is 6.07. The molecular formula is C26H27F4N7O3. The molecule has 1 aliphatic rings. The van der Waals surface area contributed by atoms with Gasteiger partial charge in [0.2, 0.25) is 0 Å². The molecule has 0 bridgehead atoms. The smallest absolute Gasteiger partial charge is 0.461 e. The maximum atomic E-state index is 14.6. The number of halogens is 4. The van der Waals surface area contributed by atoms with E-state index in [4.69, 9.17) is 4.74 Å². The molecular weight excluding hydrogens is 534 g/mol. The molecule has 40 heavy (non-hydrogen) atoms. The monoisotopic (exact) mass is 561 g/mol. The zero-order valence-electron chi connectivity index (χ0n) is 21.9. The van der Waals surface area contributed by atoms with Gasteiger partial charge in [0.25, 0.3) is 5.91 Å². The van der Waals surface area contributed by atoms with Gasteiger partial charge in [-0.2, -0.15) is 10.1 Å². The summed E-state index contributed by atoms with van der Waals surface area (Å²) in [6.45, 7) is 4.32. The Labute approximate surface area is 226 Å². The number of ether oxygens (including phenoxy) is 2. The van der Waals surface area contributed by atoms with E-state index in [1.807, 2.05) is 0 Å². The minimum Gasteiger partial charge on any atom is -0.461 e. The normalized spacial score (nSPS) is 17.9. The van der Waals surface area contributed by atoms with E-state index in [0.717, 1.165) is 5.69 Å². The molecule has 2 aromatic heterocycles. The summed E-state index contributed by atoms with van der Waals surface area (Å²) in [7, 11) is 1.67. The quantitative estimate of drug-likeness (QED) is 0.258. The van der Waals surface area contributed by atoms with Crippen molar-refractivity contribution in [1.82, 2.24) is 25.1 Å². The van der Waals surface area contributed by atoms with Crippen LogP contribution >= 0.6 is 0 Å². The fourth-order valence-electron chi connectivity index (χ4n) is 4.91. The van der Waals surface area contributed by atoms with Crippen LogP contribution < -0.4 is 20.3 Å². The van der Waals surface area contributed by atoms with Crippen LogP contribution in [0.1, 0.15) is 24.2 Å². The minimum atomic E-state index is -4.79. The molecule has 5 rings (SSSR count). The maximum absolute atomic E-state index is 14.6. The number of rotatable bonds is 7. The number of aromatic nitrogens is 4. The van der Waals surface area contributed by atoms with Gasteiger partial charge in [-0.1, -0.05) is 0 Å². The molecule has 1 aliphatic heterocycles.